The first-order valence-corrected chi connectivity index (χ1v) is 11.2. The molecule has 28 heavy (non-hydrogen) atoms. The first-order chi connectivity index (χ1) is 13.5. The molecule has 4 heterocycles. The van der Waals surface area contributed by atoms with Crippen LogP contribution in [0.2, 0.25) is 0 Å². The lowest BCUT2D eigenvalue weighted by molar-refractivity contribution is -0.114. The van der Waals surface area contributed by atoms with Gasteiger partial charge in [-0.05, 0) is 63.0 Å². The molecule has 2 atom stereocenters. The van der Waals surface area contributed by atoms with E-state index in [-0.39, 0.29) is 17.9 Å². The van der Waals surface area contributed by atoms with Crippen LogP contribution in [0.15, 0.2) is 38.9 Å². The van der Waals surface area contributed by atoms with Crippen molar-refractivity contribution in [2.75, 3.05) is 18.4 Å². The molecular formula is C20H24N4O2S2. The molecule has 1 aromatic carbocycles. The minimum atomic E-state index is -0.130. The summed E-state index contributed by atoms with van der Waals surface area (Å²) in [6.07, 6.45) is 2.36. The van der Waals surface area contributed by atoms with Crippen molar-refractivity contribution in [2.45, 2.75) is 48.0 Å². The van der Waals surface area contributed by atoms with Crippen molar-refractivity contribution < 1.29 is 9.59 Å². The van der Waals surface area contributed by atoms with E-state index in [4.69, 9.17) is 0 Å². The van der Waals surface area contributed by atoms with Gasteiger partial charge in [0.25, 0.3) is 5.91 Å². The van der Waals surface area contributed by atoms with Crippen LogP contribution in [0, 0.1) is 5.92 Å². The average Bonchev–Trinajstić information content (AvgIpc) is 3.11. The molecule has 2 amide bonds. The van der Waals surface area contributed by atoms with Gasteiger partial charge in [-0.15, -0.1) is 11.3 Å². The molecule has 6 nitrogen and oxygen atoms in total. The Balaban J connectivity index is 1.37. The molecule has 0 saturated carbocycles. The Morgan fingerprint density at radius 1 is 1.21 bits per heavy atom. The predicted molar refractivity (Wildman–Crippen MR) is 112 cm³/mol. The molecule has 3 fully saturated rings. The third-order valence-electron chi connectivity index (χ3n) is 5.58. The number of amides is 2. The Hall–Kier alpha value is -1.90. The Kier molecular flexibility index (Phi) is 5.70. The summed E-state index contributed by atoms with van der Waals surface area (Å²) in [5.74, 6) is 1.04. The van der Waals surface area contributed by atoms with Gasteiger partial charge in [0.05, 0.1) is 0 Å². The first-order valence-electron chi connectivity index (χ1n) is 9.55. The highest BCUT2D eigenvalue weighted by Crippen LogP contribution is 2.33. The number of fused-ring (bicyclic) bond motifs is 3. The van der Waals surface area contributed by atoms with E-state index >= 15 is 0 Å². The monoisotopic (exact) mass is 416 g/mol. The Morgan fingerprint density at radius 2 is 1.93 bits per heavy atom. The summed E-state index contributed by atoms with van der Waals surface area (Å²) >= 11 is 3.00. The van der Waals surface area contributed by atoms with Crippen LogP contribution in [0.5, 0.6) is 0 Å². The maximum Gasteiger partial charge on any atom is 0.251 e. The summed E-state index contributed by atoms with van der Waals surface area (Å²) in [6, 6.07) is 8.27. The molecule has 2 N–H and O–H groups in total. The fourth-order valence-electron chi connectivity index (χ4n) is 4.10. The van der Waals surface area contributed by atoms with Gasteiger partial charge in [-0.1, -0.05) is 11.8 Å². The van der Waals surface area contributed by atoms with Crippen molar-refractivity contribution in [3.63, 3.8) is 0 Å². The molecule has 3 aliphatic rings. The number of nitrogens with one attached hydrogen (secondary N) is 2. The molecule has 0 spiro atoms. The fourth-order valence-corrected chi connectivity index (χ4v) is 5.82. The van der Waals surface area contributed by atoms with E-state index in [0.29, 0.717) is 23.3 Å². The van der Waals surface area contributed by atoms with Crippen molar-refractivity contribution in [1.82, 2.24) is 15.2 Å². The highest BCUT2D eigenvalue weighted by Gasteiger charge is 2.40. The molecule has 0 unspecified atom stereocenters. The minimum Gasteiger partial charge on any atom is -0.347 e. The summed E-state index contributed by atoms with van der Waals surface area (Å²) < 4.78 is 0.849. The second-order valence-electron chi connectivity index (χ2n) is 7.42. The molecule has 3 saturated heterocycles. The molecule has 2 aromatic rings. The summed E-state index contributed by atoms with van der Waals surface area (Å²) in [4.78, 5) is 31.7. The lowest BCUT2D eigenvalue weighted by Crippen LogP contribution is -2.62. The van der Waals surface area contributed by atoms with E-state index in [2.05, 4.69) is 27.4 Å². The third-order valence-corrected chi connectivity index (χ3v) is 7.53. The standard InChI is InChI=1S/C20H24N4O2S2/c1-12-18(14-7-9-24(12)10-8-14)23-19(26)15-3-5-16(6-4-15)28-20-22-17(11-27-20)21-13(2)25/h3-6,11-12,14,18H,7-10H2,1-2H3,(H,21,25)(H,23,26)/t12-,18-/m0/s1. The van der Waals surface area contributed by atoms with Gasteiger partial charge in [0, 0.05) is 34.8 Å². The quantitative estimate of drug-likeness (QED) is 0.781. The summed E-state index contributed by atoms with van der Waals surface area (Å²) in [5.41, 5.74) is 0.686. The zero-order chi connectivity index (χ0) is 19.7. The Morgan fingerprint density at radius 3 is 2.57 bits per heavy atom. The number of thiazole rings is 1. The second kappa shape index (κ2) is 8.23. The zero-order valence-corrected chi connectivity index (χ0v) is 17.6. The van der Waals surface area contributed by atoms with Crippen molar-refractivity contribution in [2.24, 2.45) is 5.92 Å². The van der Waals surface area contributed by atoms with Gasteiger partial charge in [0.1, 0.15) is 5.82 Å². The number of carbonyl (C=O) groups is 2. The average molecular weight is 417 g/mol. The third kappa shape index (κ3) is 4.24. The minimum absolute atomic E-state index is 0.00402. The predicted octanol–water partition coefficient (Wildman–Crippen LogP) is 3.47. The number of hydrogen-bond acceptors (Lipinski definition) is 6. The number of nitrogens with zero attached hydrogens (tertiary/aromatic N) is 2. The molecule has 0 radical (unpaired) electrons. The number of aromatic nitrogens is 1. The van der Waals surface area contributed by atoms with Gasteiger partial charge < -0.3 is 10.6 Å². The smallest absolute Gasteiger partial charge is 0.251 e. The number of benzene rings is 1. The Labute approximate surface area is 173 Å². The summed E-state index contributed by atoms with van der Waals surface area (Å²) in [6.45, 7) is 6.00. The van der Waals surface area contributed by atoms with Crippen LogP contribution in [0.25, 0.3) is 0 Å². The summed E-state index contributed by atoms with van der Waals surface area (Å²) in [5, 5.41) is 7.77. The van der Waals surface area contributed by atoms with Crippen LogP contribution >= 0.6 is 23.1 Å². The lowest BCUT2D eigenvalue weighted by atomic mass is 9.79. The van der Waals surface area contributed by atoms with Gasteiger partial charge in [0.15, 0.2) is 4.34 Å². The number of anilines is 1. The zero-order valence-electron chi connectivity index (χ0n) is 16.0. The fraction of sp³-hybridized carbons (Fsp3) is 0.450. The molecule has 5 rings (SSSR count). The van der Waals surface area contributed by atoms with E-state index in [9.17, 15) is 9.59 Å². The SMILES string of the molecule is CC(=O)Nc1csc(Sc2ccc(C(=O)N[C@@H]3C4CCN(CC4)[C@H]3C)cc2)n1. The maximum atomic E-state index is 12.7. The highest BCUT2D eigenvalue weighted by atomic mass is 32.2. The number of hydrogen-bond donors (Lipinski definition) is 2. The number of piperidine rings is 3. The largest absolute Gasteiger partial charge is 0.347 e. The van der Waals surface area contributed by atoms with E-state index in [1.165, 1.54) is 42.9 Å². The van der Waals surface area contributed by atoms with Gasteiger partial charge in [-0.3, -0.25) is 14.5 Å². The molecule has 1 aromatic heterocycles. The van der Waals surface area contributed by atoms with Gasteiger partial charge in [-0.25, -0.2) is 4.98 Å². The van der Waals surface area contributed by atoms with Crippen LogP contribution < -0.4 is 10.6 Å². The number of carbonyl (C=O) groups excluding carboxylic acids is 2. The van der Waals surface area contributed by atoms with Crippen molar-refractivity contribution in [3.8, 4) is 0 Å². The summed E-state index contributed by atoms with van der Waals surface area (Å²) in [7, 11) is 0. The van der Waals surface area contributed by atoms with E-state index in [0.717, 1.165) is 22.3 Å². The van der Waals surface area contributed by atoms with Gasteiger partial charge in [0.2, 0.25) is 5.91 Å². The molecule has 148 valence electrons. The van der Waals surface area contributed by atoms with Crippen LogP contribution in [0.3, 0.4) is 0 Å². The van der Waals surface area contributed by atoms with Gasteiger partial charge in [-0.2, -0.15) is 0 Å². The molecule has 3 aliphatic heterocycles. The van der Waals surface area contributed by atoms with Crippen molar-refractivity contribution >= 4 is 40.7 Å². The highest BCUT2D eigenvalue weighted by molar-refractivity contribution is 8.01. The van der Waals surface area contributed by atoms with Crippen LogP contribution in [-0.4, -0.2) is 46.9 Å². The second-order valence-corrected chi connectivity index (χ2v) is 9.60. The molecule has 8 heteroatoms. The molecular weight excluding hydrogens is 392 g/mol. The topological polar surface area (TPSA) is 74.3 Å². The van der Waals surface area contributed by atoms with E-state index in [1.807, 2.05) is 29.6 Å². The normalized spacial score (nSPS) is 26.1. The maximum absolute atomic E-state index is 12.7. The Bertz CT molecular complexity index is 857. The van der Waals surface area contributed by atoms with E-state index in [1.54, 1.807) is 0 Å². The molecule has 2 bridgehead atoms. The lowest BCUT2D eigenvalue weighted by Gasteiger charge is -2.49. The van der Waals surface area contributed by atoms with Gasteiger partial charge >= 0.3 is 0 Å². The number of rotatable bonds is 5. The van der Waals surface area contributed by atoms with E-state index < -0.39 is 0 Å². The van der Waals surface area contributed by atoms with Crippen molar-refractivity contribution in [3.05, 3.63) is 35.2 Å². The first kappa shape index (κ1) is 19.4. The molecule has 0 aliphatic carbocycles. The van der Waals surface area contributed by atoms with Crippen LogP contribution in [-0.2, 0) is 4.79 Å². The van der Waals surface area contributed by atoms with Crippen LogP contribution in [0.1, 0.15) is 37.0 Å². The van der Waals surface area contributed by atoms with Crippen molar-refractivity contribution in [1.29, 1.82) is 0 Å². The van der Waals surface area contributed by atoms with Crippen LogP contribution in [0.4, 0.5) is 5.82 Å².